The van der Waals surface area contributed by atoms with E-state index in [1.54, 1.807) is 6.92 Å². The molecule has 0 aliphatic heterocycles. The number of halogens is 3. The molecule has 0 heterocycles. The molecule has 0 amide bonds. The number of hydrogen-bond donors (Lipinski definition) is 1. The molecule has 1 rings (SSSR count). The minimum atomic E-state index is -4.26. The Balaban J connectivity index is 3.01. The highest BCUT2D eigenvalue weighted by molar-refractivity contribution is 7.16. The maximum absolute atomic E-state index is 12.3. The van der Waals surface area contributed by atoms with Crippen LogP contribution in [0, 0.1) is 6.92 Å². The molecule has 0 aromatic heterocycles. The Hall–Kier alpha value is -0.760. The Bertz CT molecular complexity index is 322. The average molecular weight is 221 g/mol. The third kappa shape index (κ3) is 2.61. The Morgan fingerprint density at radius 3 is 2.43 bits per heavy atom. The third-order valence-corrected chi connectivity index (χ3v) is 2.05. The van der Waals surface area contributed by atoms with Crippen molar-refractivity contribution in [2.75, 3.05) is 11.6 Å². The van der Waals surface area contributed by atoms with Crippen molar-refractivity contribution in [3.05, 3.63) is 29.3 Å². The number of nitrogens with one attached hydrogen (secondary N) is 1. The molecule has 0 saturated heterocycles. The normalized spacial score (nSPS) is 11.5. The Labute approximate surface area is 82.9 Å². The Kier molecular flexibility index (Phi) is 3.38. The lowest BCUT2D eigenvalue weighted by atomic mass is 10.1. The van der Waals surface area contributed by atoms with Gasteiger partial charge in [-0.25, -0.2) is 0 Å². The van der Waals surface area contributed by atoms with Crippen molar-refractivity contribution < 1.29 is 13.2 Å². The molecule has 0 spiro atoms. The highest BCUT2D eigenvalue weighted by Gasteiger charge is 2.30. The SMILES string of the molecule is Cc1cc(C(F)(F)F)ccc1NCP. The fraction of sp³-hybridized carbons (Fsp3) is 0.333. The van der Waals surface area contributed by atoms with E-state index in [1.807, 2.05) is 0 Å². The predicted octanol–water partition coefficient (Wildman–Crippen LogP) is 3.26. The summed E-state index contributed by atoms with van der Waals surface area (Å²) in [5, 5.41) is 2.95. The number of benzene rings is 1. The average Bonchev–Trinajstić information content (AvgIpc) is 2.07. The molecule has 1 atom stereocenters. The van der Waals surface area contributed by atoms with Crippen LogP contribution < -0.4 is 5.32 Å². The third-order valence-electron chi connectivity index (χ3n) is 1.85. The van der Waals surface area contributed by atoms with Crippen molar-refractivity contribution in [3.8, 4) is 0 Å². The standard InChI is InChI=1S/C9H11F3NP/c1-6-4-7(9(10,11)12)2-3-8(6)13-5-14/h2-4,13H,5,14H2,1H3. The van der Waals surface area contributed by atoms with E-state index in [1.165, 1.54) is 6.07 Å². The number of aryl methyl sites for hydroxylation is 1. The van der Waals surface area contributed by atoms with Gasteiger partial charge < -0.3 is 5.32 Å². The number of rotatable bonds is 2. The van der Waals surface area contributed by atoms with E-state index in [2.05, 4.69) is 14.6 Å². The van der Waals surface area contributed by atoms with Gasteiger partial charge in [-0.15, -0.1) is 9.24 Å². The molecule has 1 aromatic rings. The predicted molar refractivity (Wildman–Crippen MR) is 54.4 cm³/mol. The minimum absolute atomic E-state index is 0.599. The van der Waals surface area contributed by atoms with Gasteiger partial charge in [-0.1, -0.05) is 0 Å². The van der Waals surface area contributed by atoms with Gasteiger partial charge in [0.25, 0.3) is 0 Å². The van der Waals surface area contributed by atoms with Crippen LogP contribution in [0.15, 0.2) is 18.2 Å². The lowest BCUT2D eigenvalue weighted by Gasteiger charge is -2.11. The van der Waals surface area contributed by atoms with Crippen LogP contribution in [0.25, 0.3) is 0 Å². The minimum Gasteiger partial charge on any atom is -0.381 e. The summed E-state index contributed by atoms with van der Waals surface area (Å²) in [6, 6.07) is 3.67. The van der Waals surface area contributed by atoms with Crippen molar-refractivity contribution in [1.29, 1.82) is 0 Å². The maximum atomic E-state index is 12.3. The fourth-order valence-corrected chi connectivity index (χ4v) is 1.37. The molecule has 0 aliphatic rings. The van der Waals surface area contributed by atoms with Gasteiger partial charge in [0.15, 0.2) is 0 Å². The van der Waals surface area contributed by atoms with Gasteiger partial charge in [0.1, 0.15) is 0 Å². The number of anilines is 1. The summed E-state index contributed by atoms with van der Waals surface area (Å²) in [4.78, 5) is 0. The molecule has 1 unspecified atom stereocenters. The number of alkyl halides is 3. The molecule has 1 N–H and O–H groups in total. The monoisotopic (exact) mass is 221 g/mol. The van der Waals surface area contributed by atoms with E-state index in [4.69, 9.17) is 0 Å². The second-order valence-corrected chi connectivity index (χ2v) is 3.32. The van der Waals surface area contributed by atoms with Crippen LogP contribution in [0.2, 0.25) is 0 Å². The van der Waals surface area contributed by atoms with Gasteiger partial charge in [-0.2, -0.15) is 13.2 Å². The van der Waals surface area contributed by atoms with Crippen molar-refractivity contribution >= 4 is 14.9 Å². The summed E-state index contributed by atoms with van der Waals surface area (Å²) in [6.45, 7) is 1.65. The van der Waals surface area contributed by atoms with Crippen LogP contribution in [-0.4, -0.2) is 6.29 Å². The van der Waals surface area contributed by atoms with Crippen LogP contribution in [-0.2, 0) is 6.18 Å². The fourth-order valence-electron chi connectivity index (χ4n) is 1.15. The molecule has 0 radical (unpaired) electrons. The van der Waals surface area contributed by atoms with Crippen LogP contribution in [0.3, 0.4) is 0 Å². The zero-order valence-corrected chi connectivity index (χ0v) is 8.81. The summed E-state index contributed by atoms with van der Waals surface area (Å²) in [7, 11) is 2.45. The van der Waals surface area contributed by atoms with Gasteiger partial charge in [-0.3, -0.25) is 0 Å². The molecule has 0 saturated carbocycles. The van der Waals surface area contributed by atoms with Crippen molar-refractivity contribution in [2.45, 2.75) is 13.1 Å². The van der Waals surface area contributed by atoms with Gasteiger partial charge in [0.05, 0.1) is 5.56 Å². The van der Waals surface area contributed by atoms with Crippen LogP contribution in [0.1, 0.15) is 11.1 Å². The zero-order chi connectivity index (χ0) is 10.8. The smallest absolute Gasteiger partial charge is 0.381 e. The van der Waals surface area contributed by atoms with Gasteiger partial charge in [0.2, 0.25) is 0 Å². The summed E-state index contributed by atoms with van der Waals surface area (Å²) in [5.74, 6) is 0. The molecule has 0 fully saturated rings. The second kappa shape index (κ2) is 4.18. The molecule has 0 aliphatic carbocycles. The molecule has 5 heteroatoms. The van der Waals surface area contributed by atoms with Crippen LogP contribution >= 0.6 is 9.24 Å². The summed E-state index contributed by atoms with van der Waals surface area (Å²) < 4.78 is 36.8. The van der Waals surface area contributed by atoms with Crippen molar-refractivity contribution in [2.24, 2.45) is 0 Å². The molecule has 14 heavy (non-hydrogen) atoms. The molecular weight excluding hydrogens is 210 g/mol. The summed E-state index contributed by atoms with van der Waals surface area (Å²) in [6.07, 6.45) is -3.64. The van der Waals surface area contributed by atoms with E-state index >= 15 is 0 Å². The zero-order valence-electron chi connectivity index (χ0n) is 7.65. The van der Waals surface area contributed by atoms with E-state index in [0.717, 1.165) is 17.8 Å². The topological polar surface area (TPSA) is 12.0 Å². The van der Waals surface area contributed by atoms with Gasteiger partial charge >= 0.3 is 6.18 Å². The molecule has 1 aromatic carbocycles. The maximum Gasteiger partial charge on any atom is 0.416 e. The lowest BCUT2D eigenvalue weighted by molar-refractivity contribution is -0.137. The van der Waals surface area contributed by atoms with E-state index in [0.29, 0.717) is 11.8 Å². The Morgan fingerprint density at radius 2 is 2.00 bits per heavy atom. The lowest BCUT2D eigenvalue weighted by Crippen LogP contribution is -2.06. The summed E-state index contributed by atoms with van der Waals surface area (Å²) >= 11 is 0. The largest absolute Gasteiger partial charge is 0.416 e. The first-order valence-corrected chi connectivity index (χ1v) is 4.88. The first-order chi connectivity index (χ1) is 6.45. The van der Waals surface area contributed by atoms with E-state index < -0.39 is 11.7 Å². The van der Waals surface area contributed by atoms with Crippen LogP contribution in [0.4, 0.5) is 18.9 Å². The molecule has 1 nitrogen and oxygen atoms in total. The van der Waals surface area contributed by atoms with E-state index in [9.17, 15) is 13.2 Å². The first kappa shape index (κ1) is 11.3. The Morgan fingerprint density at radius 1 is 1.36 bits per heavy atom. The van der Waals surface area contributed by atoms with Gasteiger partial charge in [0, 0.05) is 12.0 Å². The van der Waals surface area contributed by atoms with Crippen molar-refractivity contribution in [3.63, 3.8) is 0 Å². The molecule has 78 valence electrons. The van der Waals surface area contributed by atoms with Crippen LogP contribution in [0.5, 0.6) is 0 Å². The second-order valence-electron chi connectivity index (χ2n) is 2.91. The highest BCUT2D eigenvalue weighted by atomic mass is 31.0. The summed E-state index contributed by atoms with van der Waals surface area (Å²) in [5.41, 5.74) is 0.722. The quantitative estimate of drug-likeness (QED) is 0.756. The highest BCUT2D eigenvalue weighted by Crippen LogP contribution is 2.31. The van der Waals surface area contributed by atoms with E-state index in [-0.39, 0.29) is 0 Å². The number of hydrogen-bond acceptors (Lipinski definition) is 1. The first-order valence-electron chi connectivity index (χ1n) is 4.07. The molecular formula is C9H11F3NP. The van der Waals surface area contributed by atoms with Crippen molar-refractivity contribution in [1.82, 2.24) is 0 Å². The van der Waals surface area contributed by atoms with Gasteiger partial charge in [-0.05, 0) is 30.7 Å². The molecule has 0 bridgehead atoms.